The highest BCUT2D eigenvalue weighted by Crippen LogP contribution is 2.19. The molecule has 0 unspecified atom stereocenters. The molecule has 0 saturated carbocycles. The van der Waals surface area contributed by atoms with E-state index < -0.39 is 6.04 Å². The first-order valence-corrected chi connectivity index (χ1v) is 8.88. The van der Waals surface area contributed by atoms with E-state index in [1.165, 1.54) is 0 Å². The van der Waals surface area contributed by atoms with Crippen LogP contribution < -0.4 is 16.0 Å². The minimum absolute atomic E-state index is 0.0104. The van der Waals surface area contributed by atoms with Crippen molar-refractivity contribution < 1.29 is 9.59 Å². The summed E-state index contributed by atoms with van der Waals surface area (Å²) in [4.78, 5) is 28.3. The molecule has 1 aliphatic heterocycles. The third kappa shape index (κ3) is 5.34. The number of hydrogen-bond donors (Lipinski definition) is 2. The Labute approximate surface area is 154 Å². The van der Waals surface area contributed by atoms with Gasteiger partial charge in [0, 0.05) is 36.9 Å². The van der Waals surface area contributed by atoms with Crippen LogP contribution in [0.1, 0.15) is 20.8 Å². The summed E-state index contributed by atoms with van der Waals surface area (Å²) in [5, 5.41) is 3.36. The second-order valence-electron chi connectivity index (χ2n) is 7.41. The highest BCUT2D eigenvalue weighted by Gasteiger charge is 2.28. The number of nitrogens with two attached hydrogens (primary N) is 1. The molecule has 0 aromatic heterocycles. The van der Waals surface area contributed by atoms with Crippen molar-refractivity contribution in [2.45, 2.75) is 26.8 Å². The molecule has 2 rings (SSSR count). The molecule has 0 spiro atoms. The molecule has 6 nitrogen and oxygen atoms in total. The molecule has 0 radical (unpaired) electrons. The van der Waals surface area contributed by atoms with Crippen molar-refractivity contribution >= 4 is 29.1 Å². The van der Waals surface area contributed by atoms with E-state index in [0.29, 0.717) is 18.1 Å². The lowest BCUT2D eigenvalue weighted by atomic mass is 9.87. The first-order valence-electron chi connectivity index (χ1n) is 8.50. The number of carbonyl (C=O) groups excluding carboxylic acids is 2. The summed E-state index contributed by atoms with van der Waals surface area (Å²) in [6, 6.07) is 7.05. The highest BCUT2D eigenvalue weighted by molar-refractivity contribution is 6.30. The number of halogens is 1. The molecule has 0 aliphatic carbocycles. The summed E-state index contributed by atoms with van der Waals surface area (Å²) in [7, 11) is 0. The molecule has 1 saturated heterocycles. The van der Waals surface area contributed by atoms with Crippen molar-refractivity contribution in [2.75, 3.05) is 37.6 Å². The standard InChI is InChI=1S/C18H27ClN4O2/c1-18(2,3)16(20)17(25)21-12-15(24)23-10-8-22(9-11-23)14-6-4-13(19)5-7-14/h4-7,16H,8-12,20H2,1-3H3,(H,21,25)/t16-/m1/s1. The molecule has 1 fully saturated rings. The Hall–Kier alpha value is -1.79. The molecule has 0 bridgehead atoms. The van der Waals surface area contributed by atoms with Gasteiger partial charge in [0.1, 0.15) is 0 Å². The number of hydrogen-bond acceptors (Lipinski definition) is 4. The van der Waals surface area contributed by atoms with Gasteiger partial charge >= 0.3 is 0 Å². The van der Waals surface area contributed by atoms with E-state index in [2.05, 4.69) is 10.2 Å². The Kier molecular flexibility index (Phi) is 6.30. The summed E-state index contributed by atoms with van der Waals surface area (Å²) in [5.74, 6) is -0.370. The van der Waals surface area contributed by atoms with E-state index in [9.17, 15) is 9.59 Å². The van der Waals surface area contributed by atoms with Crippen LogP contribution in [0, 0.1) is 5.41 Å². The molecule has 1 heterocycles. The van der Waals surface area contributed by atoms with Crippen molar-refractivity contribution in [1.82, 2.24) is 10.2 Å². The fourth-order valence-corrected chi connectivity index (χ4v) is 2.77. The summed E-state index contributed by atoms with van der Waals surface area (Å²) < 4.78 is 0. The summed E-state index contributed by atoms with van der Waals surface area (Å²) in [6.07, 6.45) is 0. The number of piperazine rings is 1. The summed E-state index contributed by atoms with van der Waals surface area (Å²) >= 11 is 5.91. The fraction of sp³-hybridized carbons (Fsp3) is 0.556. The third-order valence-electron chi connectivity index (χ3n) is 4.45. The van der Waals surface area contributed by atoms with Crippen molar-refractivity contribution in [3.05, 3.63) is 29.3 Å². The molecular weight excluding hydrogens is 340 g/mol. The van der Waals surface area contributed by atoms with Gasteiger partial charge in [-0.2, -0.15) is 0 Å². The van der Waals surface area contributed by atoms with Crippen molar-refractivity contribution in [3.8, 4) is 0 Å². The van der Waals surface area contributed by atoms with Gasteiger partial charge in [0.15, 0.2) is 0 Å². The van der Waals surface area contributed by atoms with Crippen LogP contribution in [0.4, 0.5) is 5.69 Å². The maximum absolute atomic E-state index is 12.3. The molecule has 1 atom stereocenters. The van der Waals surface area contributed by atoms with E-state index >= 15 is 0 Å². The van der Waals surface area contributed by atoms with E-state index in [0.717, 1.165) is 18.8 Å². The quantitative estimate of drug-likeness (QED) is 0.846. The van der Waals surface area contributed by atoms with Crippen LogP contribution in [0.15, 0.2) is 24.3 Å². The van der Waals surface area contributed by atoms with Crippen molar-refractivity contribution in [3.63, 3.8) is 0 Å². The predicted molar refractivity (Wildman–Crippen MR) is 101 cm³/mol. The van der Waals surface area contributed by atoms with Crippen LogP contribution in [-0.2, 0) is 9.59 Å². The summed E-state index contributed by atoms with van der Waals surface area (Å²) in [5.41, 5.74) is 6.66. The SMILES string of the molecule is CC(C)(C)[C@H](N)C(=O)NCC(=O)N1CCN(c2ccc(Cl)cc2)CC1. The smallest absolute Gasteiger partial charge is 0.242 e. The maximum Gasteiger partial charge on any atom is 0.242 e. The van der Waals surface area contributed by atoms with Crippen LogP contribution in [0.2, 0.25) is 5.02 Å². The average Bonchev–Trinajstić information content (AvgIpc) is 2.58. The lowest BCUT2D eigenvalue weighted by Gasteiger charge is -2.36. The molecule has 3 N–H and O–H groups in total. The third-order valence-corrected chi connectivity index (χ3v) is 4.71. The predicted octanol–water partition coefficient (Wildman–Crippen LogP) is 1.48. The van der Waals surface area contributed by atoms with Gasteiger partial charge in [-0.3, -0.25) is 9.59 Å². The zero-order valence-electron chi connectivity index (χ0n) is 15.1. The van der Waals surface area contributed by atoms with Gasteiger partial charge in [0.05, 0.1) is 12.6 Å². The van der Waals surface area contributed by atoms with Gasteiger partial charge in [-0.15, -0.1) is 0 Å². The Morgan fingerprint density at radius 2 is 1.72 bits per heavy atom. The second-order valence-corrected chi connectivity index (χ2v) is 7.84. The number of benzene rings is 1. The monoisotopic (exact) mass is 366 g/mol. The molecule has 2 amide bonds. The van der Waals surface area contributed by atoms with Crippen LogP contribution in [0.5, 0.6) is 0 Å². The fourth-order valence-electron chi connectivity index (χ4n) is 2.64. The first-order chi connectivity index (χ1) is 11.7. The number of nitrogens with zero attached hydrogens (tertiary/aromatic N) is 2. The second kappa shape index (κ2) is 8.06. The summed E-state index contributed by atoms with van der Waals surface area (Å²) in [6.45, 7) is 8.44. The maximum atomic E-state index is 12.3. The van der Waals surface area contributed by atoms with Crippen LogP contribution in [0.3, 0.4) is 0 Å². The lowest BCUT2D eigenvalue weighted by molar-refractivity contribution is -0.134. The number of amides is 2. The van der Waals surface area contributed by atoms with Crippen molar-refractivity contribution in [1.29, 1.82) is 0 Å². The van der Waals surface area contributed by atoms with Gasteiger partial charge in [0.2, 0.25) is 11.8 Å². The molecule has 138 valence electrons. The van der Waals surface area contributed by atoms with Crippen LogP contribution >= 0.6 is 11.6 Å². The van der Waals surface area contributed by atoms with E-state index in [1.54, 1.807) is 4.90 Å². The molecule has 25 heavy (non-hydrogen) atoms. The van der Waals surface area contributed by atoms with Crippen LogP contribution in [0.25, 0.3) is 0 Å². The topological polar surface area (TPSA) is 78.7 Å². The zero-order valence-corrected chi connectivity index (χ0v) is 15.8. The molecule has 1 aromatic carbocycles. The molecule has 7 heteroatoms. The van der Waals surface area contributed by atoms with Gasteiger partial charge in [0.25, 0.3) is 0 Å². The first kappa shape index (κ1) is 19.5. The van der Waals surface area contributed by atoms with Gasteiger partial charge in [-0.1, -0.05) is 32.4 Å². The van der Waals surface area contributed by atoms with Crippen molar-refractivity contribution in [2.24, 2.45) is 11.1 Å². The van der Waals surface area contributed by atoms with Crippen LogP contribution in [-0.4, -0.2) is 55.5 Å². The minimum Gasteiger partial charge on any atom is -0.368 e. The average molecular weight is 367 g/mol. The van der Waals surface area contributed by atoms with Gasteiger partial charge < -0.3 is 20.9 Å². The van der Waals surface area contributed by atoms with E-state index in [-0.39, 0.29) is 23.8 Å². The van der Waals surface area contributed by atoms with E-state index in [1.807, 2.05) is 45.0 Å². The lowest BCUT2D eigenvalue weighted by Crippen LogP contribution is -2.54. The Morgan fingerprint density at radius 1 is 1.16 bits per heavy atom. The highest BCUT2D eigenvalue weighted by atomic mass is 35.5. The Morgan fingerprint density at radius 3 is 2.24 bits per heavy atom. The number of nitrogens with one attached hydrogen (secondary N) is 1. The normalized spacial score (nSPS) is 16.5. The largest absolute Gasteiger partial charge is 0.368 e. The van der Waals surface area contributed by atoms with Gasteiger partial charge in [-0.25, -0.2) is 0 Å². The molecular formula is C18H27ClN4O2. The van der Waals surface area contributed by atoms with Gasteiger partial charge in [-0.05, 0) is 29.7 Å². The number of anilines is 1. The Bertz CT molecular complexity index is 604. The minimum atomic E-state index is -0.637. The molecule has 1 aromatic rings. The Balaban J connectivity index is 1.79. The zero-order chi connectivity index (χ0) is 18.6. The number of rotatable bonds is 4. The number of carbonyl (C=O) groups is 2. The molecule has 1 aliphatic rings. The van der Waals surface area contributed by atoms with E-state index in [4.69, 9.17) is 17.3 Å².